The lowest BCUT2D eigenvalue weighted by molar-refractivity contribution is 0.174. The molecule has 0 aliphatic heterocycles. The average molecular weight is 285 g/mol. The predicted molar refractivity (Wildman–Crippen MR) is 92.4 cm³/mol. The fourth-order valence-corrected chi connectivity index (χ4v) is 3.83. The van der Waals surface area contributed by atoms with Crippen LogP contribution in [0, 0.1) is 17.8 Å². The molecule has 4 unspecified atom stereocenters. The van der Waals surface area contributed by atoms with E-state index in [4.69, 9.17) is 0 Å². The lowest BCUT2D eigenvalue weighted by Gasteiger charge is -2.33. The Labute approximate surface area is 131 Å². The molecule has 0 bridgehead atoms. The smallest absolute Gasteiger partial charge is 0.0129 e. The summed E-state index contributed by atoms with van der Waals surface area (Å²) in [6.07, 6.45) is 3.85. The van der Waals surface area contributed by atoms with Gasteiger partial charge in [-0.2, -0.15) is 0 Å². The Kier molecular flexibility index (Phi) is 5.64. The molecule has 0 aromatic heterocycles. The molecule has 0 radical (unpaired) electrons. The average Bonchev–Trinajstić information content (AvgIpc) is 2.87. The van der Waals surface area contributed by atoms with E-state index < -0.39 is 0 Å². The fraction of sp³-hybridized carbons (Fsp3) is 0.600. The van der Waals surface area contributed by atoms with Crippen molar-refractivity contribution < 1.29 is 0 Å². The number of allylic oxidation sites excluding steroid dienone is 1. The molecule has 0 saturated heterocycles. The van der Waals surface area contributed by atoms with Gasteiger partial charge in [0.2, 0.25) is 0 Å². The molecule has 2 rings (SSSR count). The molecular weight excluding hydrogens is 254 g/mol. The SMILES string of the molecule is C=C(C)C(C)C1CC(C)CC1N(C)CCc1ccccc1. The molecule has 1 nitrogen and oxygen atoms in total. The summed E-state index contributed by atoms with van der Waals surface area (Å²) in [5.41, 5.74) is 2.79. The Balaban J connectivity index is 1.96. The summed E-state index contributed by atoms with van der Waals surface area (Å²) in [7, 11) is 2.31. The Hall–Kier alpha value is -1.08. The third-order valence-electron chi connectivity index (χ3n) is 5.39. The van der Waals surface area contributed by atoms with Gasteiger partial charge in [-0.05, 0) is 56.6 Å². The van der Waals surface area contributed by atoms with Gasteiger partial charge in [-0.25, -0.2) is 0 Å². The first-order valence-corrected chi connectivity index (χ1v) is 8.38. The van der Waals surface area contributed by atoms with Gasteiger partial charge in [0.1, 0.15) is 0 Å². The van der Waals surface area contributed by atoms with Gasteiger partial charge in [0.25, 0.3) is 0 Å². The van der Waals surface area contributed by atoms with Crippen LogP contribution in [0.5, 0.6) is 0 Å². The first-order valence-electron chi connectivity index (χ1n) is 8.38. The summed E-state index contributed by atoms with van der Waals surface area (Å²) in [4.78, 5) is 2.60. The summed E-state index contributed by atoms with van der Waals surface area (Å²) in [6.45, 7) is 12.3. The van der Waals surface area contributed by atoms with E-state index >= 15 is 0 Å². The molecule has 1 saturated carbocycles. The Bertz CT molecular complexity index is 450. The maximum atomic E-state index is 4.19. The van der Waals surface area contributed by atoms with Crippen LogP contribution in [0.15, 0.2) is 42.5 Å². The molecule has 21 heavy (non-hydrogen) atoms. The highest BCUT2D eigenvalue weighted by Gasteiger charge is 2.37. The van der Waals surface area contributed by atoms with E-state index in [1.807, 2.05) is 0 Å². The highest BCUT2D eigenvalue weighted by atomic mass is 15.1. The first-order chi connectivity index (χ1) is 9.99. The van der Waals surface area contributed by atoms with Crippen LogP contribution in [0.1, 0.15) is 39.2 Å². The van der Waals surface area contributed by atoms with Crippen LogP contribution in [0.3, 0.4) is 0 Å². The molecule has 0 heterocycles. The zero-order chi connectivity index (χ0) is 15.4. The van der Waals surface area contributed by atoms with E-state index in [0.717, 1.165) is 30.8 Å². The summed E-state index contributed by atoms with van der Waals surface area (Å²) in [5.74, 6) is 2.26. The Morgan fingerprint density at radius 2 is 1.95 bits per heavy atom. The van der Waals surface area contributed by atoms with Crippen LogP contribution in [0.4, 0.5) is 0 Å². The van der Waals surface area contributed by atoms with Gasteiger partial charge in [-0.3, -0.25) is 0 Å². The fourth-order valence-electron chi connectivity index (χ4n) is 3.83. The standard InChI is InChI=1S/C20H31N/c1-15(2)17(4)19-13-16(3)14-20(19)21(5)12-11-18-9-7-6-8-10-18/h6-10,16-17,19-20H,1,11-14H2,2-5H3. The summed E-state index contributed by atoms with van der Waals surface area (Å²) < 4.78 is 0. The van der Waals surface area contributed by atoms with E-state index in [9.17, 15) is 0 Å². The third kappa shape index (κ3) is 4.20. The molecule has 0 amide bonds. The molecule has 1 fully saturated rings. The minimum atomic E-state index is 0.638. The summed E-state index contributed by atoms with van der Waals surface area (Å²) in [6, 6.07) is 11.6. The molecule has 0 N–H and O–H groups in total. The van der Waals surface area contributed by atoms with E-state index in [1.165, 1.54) is 24.0 Å². The van der Waals surface area contributed by atoms with Gasteiger partial charge in [-0.15, -0.1) is 0 Å². The van der Waals surface area contributed by atoms with E-state index in [0.29, 0.717) is 5.92 Å². The maximum Gasteiger partial charge on any atom is 0.0129 e. The lowest BCUT2D eigenvalue weighted by atomic mass is 9.84. The lowest BCUT2D eigenvalue weighted by Crippen LogP contribution is -2.38. The van der Waals surface area contributed by atoms with Gasteiger partial charge in [0, 0.05) is 12.6 Å². The van der Waals surface area contributed by atoms with Crippen LogP contribution in [0.25, 0.3) is 0 Å². The third-order valence-corrected chi connectivity index (χ3v) is 5.39. The maximum absolute atomic E-state index is 4.19. The minimum absolute atomic E-state index is 0.638. The number of hydrogen-bond donors (Lipinski definition) is 0. The van der Waals surface area contributed by atoms with Crippen molar-refractivity contribution >= 4 is 0 Å². The second-order valence-electron chi connectivity index (χ2n) is 7.16. The normalized spacial score (nSPS) is 27.0. The van der Waals surface area contributed by atoms with E-state index in [-0.39, 0.29) is 0 Å². The van der Waals surface area contributed by atoms with E-state index in [2.05, 4.69) is 69.6 Å². The molecule has 1 aromatic rings. The number of nitrogens with zero attached hydrogens (tertiary/aromatic N) is 1. The highest BCUT2D eigenvalue weighted by Crippen LogP contribution is 2.40. The van der Waals surface area contributed by atoms with Gasteiger partial charge in [0.15, 0.2) is 0 Å². The molecule has 1 aliphatic carbocycles. The van der Waals surface area contributed by atoms with Crippen LogP contribution >= 0.6 is 0 Å². The summed E-state index contributed by atoms with van der Waals surface area (Å²) >= 11 is 0. The van der Waals surface area contributed by atoms with Gasteiger partial charge < -0.3 is 4.90 Å². The van der Waals surface area contributed by atoms with Crippen molar-refractivity contribution in [3.63, 3.8) is 0 Å². The van der Waals surface area contributed by atoms with Crippen molar-refractivity contribution in [2.24, 2.45) is 17.8 Å². The van der Waals surface area contributed by atoms with Crippen LogP contribution in [-0.4, -0.2) is 24.5 Å². The van der Waals surface area contributed by atoms with Crippen LogP contribution < -0.4 is 0 Å². The first kappa shape index (κ1) is 16.3. The minimum Gasteiger partial charge on any atom is -0.303 e. The zero-order valence-electron chi connectivity index (χ0n) is 14.2. The quantitative estimate of drug-likeness (QED) is 0.679. The van der Waals surface area contributed by atoms with Crippen molar-refractivity contribution in [2.75, 3.05) is 13.6 Å². The highest BCUT2D eigenvalue weighted by molar-refractivity contribution is 5.15. The predicted octanol–water partition coefficient (Wildman–Crippen LogP) is 4.79. The van der Waals surface area contributed by atoms with Gasteiger partial charge in [0.05, 0.1) is 0 Å². The Morgan fingerprint density at radius 3 is 2.57 bits per heavy atom. The number of rotatable bonds is 6. The van der Waals surface area contributed by atoms with Crippen molar-refractivity contribution in [3.05, 3.63) is 48.0 Å². The van der Waals surface area contributed by atoms with Gasteiger partial charge >= 0.3 is 0 Å². The zero-order valence-corrected chi connectivity index (χ0v) is 14.2. The van der Waals surface area contributed by atoms with Crippen molar-refractivity contribution in [2.45, 2.75) is 46.1 Å². The topological polar surface area (TPSA) is 3.24 Å². The number of hydrogen-bond acceptors (Lipinski definition) is 1. The Morgan fingerprint density at radius 1 is 1.29 bits per heavy atom. The molecule has 116 valence electrons. The second-order valence-corrected chi connectivity index (χ2v) is 7.16. The molecule has 4 atom stereocenters. The number of benzene rings is 1. The molecule has 1 aliphatic rings. The van der Waals surface area contributed by atoms with Crippen LogP contribution in [-0.2, 0) is 6.42 Å². The molecule has 1 heteroatoms. The van der Waals surface area contributed by atoms with Crippen molar-refractivity contribution in [1.29, 1.82) is 0 Å². The molecule has 1 aromatic carbocycles. The largest absolute Gasteiger partial charge is 0.303 e. The van der Waals surface area contributed by atoms with Crippen LogP contribution in [0.2, 0.25) is 0 Å². The van der Waals surface area contributed by atoms with Crippen molar-refractivity contribution in [3.8, 4) is 0 Å². The summed E-state index contributed by atoms with van der Waals surface area (Å²) in [5, 5.41) is 0. The molecule has 0 spiro atoms. The molecular formula is C20H31N. The second kappa shape index (κ2) is 7.26. The number of likely N-dealkylation sites (N-methyl/N-ethyl adjacent to an activating group) is 1. The van der Waals surface area contributed by atoms with Crippen molar-refractivity contribution in [1.82, 2.24) is 4.90 Å². The van der Waals surface area contributed by atoms with E-state index in [1.54, 1.807) is 0 Å². The monoisotopic (exact) mass is 285 g/mol. The van der Waals surface area contributed by atoms with Gasteiger partial charge in [-0.1, -0.05) is 56.3 Å².